The average molecular weight is 388 g/mol. The van der Waals surface area contributed by atoms with Gasteiger partial charge in [0.25, 0.3) is 0 Å². The summed E-state index contributed by atoms with van der Waals surface area (Å²) in [5.74, 6) is 1.02. The summed E-state index contributed by atoms with van der Waals surface area (Å²) in [6, 6.07) is 9.05. The number of carbonyl (C=O) groups excluding carboxylic acids is 1. The molecule has 154 valence electrons. The van der Waals surface area contributed by atoms with E-state index in [2.05, 4.69) is 46.5 Å². The van der Waals surface area contributed by atoms with Crippen LogP contribution in [-0.4, -0.2) is 68.7 Å². The monoisotopic (exact) mass is 387 g/mol. The zero-order valence-electron chi connectivity index (χ0n) is 17.3. The van der Waals surface area contributed by atoms with Crippen molar-refractivity contribution in [2.45, 2.75) is 45.3 Å². The third-order valence-corrected chi connectivity index (χ3v) is 5.56. The lowest BCUT2D eigenvalue weighted by atomic mass is 10.2. The van der Waals surface area contributed by atoms with Crippen molar-refractivity contribution in [3.63, 3.8) is 0 Å². The summed E-state index contributed by atoms with van der Waals surface area (Å²) >= 11 is 0. The van der Waals surface area contributed by atoms with Crippen molar-refractivity contribution in [1.82, 2.24) is 15.5 Å². The lowest BCUT2D eigenvalue weighted by Gasteiger charge is -2.38. The summed E-state index contributed by atoms with van der Waals surface area (Å²) in [5.41, 5.74) is 2.15. The quantitative estimate of drug-likeness (QED) is 0.573. The Morgan fingerprint density at radius 3 is 2.71 bits per heavy atom. The van der Waals surface area contributed by atoms with Crippen molar-refractivity contribution in [3.05, 3.63) is 29.8 Å². The van der Waals surface area contributed by atoms with Gasteiger partial charge >= 0.3 is 0 Å². The molecule has 2 saturated heterocycles. The number of morpholine rings is 1. The van der Waals surface area contributed by atoms with Crippen LogP contribution >= 0.6 is 0 Å². The van der Waals surface area contributed by atoms with Crippen LogP contribution in [-0.2, 0) is 16.1 Å². The van der Waals surface area contributed by atoms with Crippen LogP contribution in [0.3, 0.4) is 0 Å². The fraction of sp³-hybridized carbons (Fsp3) is 0.619. The van der Waals surface area contributed by atoms with Gasteiger partial charge in [-0.2, -0.15) is 0 Å². The number of nitrogens with one attached hydrogen (secondary N) is 2. The third kappa shape index (κ3) is 5.23. The lowest BCUT2D eigenvalue weighted by molar-refractivity contribution is -0.117. The Kier molecular flexibility index (Phi) is 7.28. The van der Waals surface area contributed by atoms with Gasteiger partial charge in [0, 0.05) is 57.4 Å². The van der Waals surface area contributed by atoms with Crippen LogP contribution in [0.25, 0.3) is 0 Å². The number of aliphatic imine (C=N–C) groups is 1. The highest BCUT2D eigenvalue weighted by Crippen LogP contribution is 2.21. The molecule has 2 heterocycles. The van der Waals surface area contributed by atoms with Crippen molar-refractivity contribution in [3.8, 4) is 0 Å². The van der Waals surface area contributed by atoms with Crippen molar-refractivity contribution in [1.29, 1.82) is 0 Å². The van der Waals surface area contributed by atoms with E-state index in [4.69, 9.17) is 4.74 Å². The van der Waals surface area contributed by atoms with E-state index in [0.29, 0.717) is 25.0 Å². The van der Waals surface area contributed by atoms with Gasteiger partial charge < -0.3 is 20.3 Å². The molecule has 2 aliphatic heterocycles. The molecule has 7 nitrogen and oxygen atoms in total. The number of amides is 1. The smallest absolute Gasteiger partial charge is 0.227 e. The summed E-state index contributed by atoms with van der Waals surface area (Å²) in [5, 5.41) is 6.79. The molecule has 2 fully saturated rings. The molecule has 7 heteroatoms. The summed E-state index contributed by atoms with van der Waals surface area (Å²) in [6.45, 7) is 9.38. The number of anilines is 1. The zero-order valence-corrected chi connectivity index (χ0v) is 17.3. The number of guanidine groups is 1. The molecular formula is C21H33N5O2. The first-order valence-electron chi connectivity index (χ1n) is 10.3. The summed E-state index contributed by atoms with van der Waals surface area (Å²) in [6.07, 6.45) is 1.61. The Labute approximate surface area is 168 Å². The van der Waals surface area contributed by atoms with E-state index < -0.39 is 0 Å². The van der Waals surface area contributed by atoms with Gasteiger partial charge in [-0.15, -0.1) is 0 Å². The fourth-order valence-corrected chi connectivity index (χ4v) is 3.88. The Morgan fingerprint density at radius 1 is 1.29 bits per heavy atom. The van der Waals surface area contributed by atoms with Crippen LogP contribution in [0.5, 0.6) is 0 Å². The number of hydrogen-bond donors (Lipinski definition) is 2. The Morgan fingerprint density at radius 2 is 2.07 bits per heavy atom. The van der Waals surface area contributed by atoms with Gasteiger partial charge in [0.15, 0.2) is 5.96 Å². The van der Waals surface area contributed by atoms with Gasteiger partial charge in [0.2, 0.25) is 5.91 Å². The lowest BCUT2D eigenvalue weighted by Crippen LogP contribution is -2.52. The number of ether oxygens (including phenoxy) is 1. The van der Waals surface area contributed by atoms with Crippen LogP contribution in [0, 0.1) is 0 Å². The van der Waals surface area contributed by atoms with E-state index >= 15 is 0 Å². The molecule has 1 amide bonds. The van der Waals surface area contributed by atoms with E-state index in [-0.39, 0.29) is 5.91 Å². The summed E-state index contributed by atoms with van der Waals surface area (Å²) in [4.78, 5) is 20.5. The number of rotatable bonds is 6. The number of nitrogens with zero attached hydrogens (tertiary/aromatic N) is 3. The van der Waals surface area contributed by atoms with Crippen LogP contribution in [0.2, 0.25) is 0 Å². The third-order valence-electron chi connectivity index (χ3n) is 5.56. The molecule has 1 aromatic rings. The first kappa shape index (κ1) is 20.6. The maximum atomic E-state index is 11.9. The topological polar surface area (TPSA) is 69.2 Å². The second-order valence-corrected chi connectivity index (χ2v) is 7.63. The second kappa shape index (κ2) is 9.89. The molecule has 2 aliphatic rings. The van der Waals surface area contributed by atoms with Gasteiger partial charge in [-0.1, -0.05) is 12.1 Å². The highest BCUT2D eigenvalue weighted by atomic mass is 16.5. The average Bonchev–Trinajstić information content (AvgIpc) is 3.14. The highest BCUT2D eigenvalue weighted by Gasteiger charge is 2.23. The predicted molar refractivity (Wildman–Crippen MR) is 113 cm³/mol. The van der Waals surface area contributed by atoms with Gasteiger partial charge in [-0.25, -0.2) is 0 Å². The molecule has 0 spiro atoms. The molecule has 0 saturated carbocycles. The van der Waals surface area contributed by atoms with Crippen molar-refractivity contribution < 1.29 is 9.53 Å². The van der Waals surface area contributed by atoms with Gasteiger partial charge in [0.1, 0.15) is 0 Å². The largest absolute Gasteiger partial charge is 0.379 e. The molecule has 0 aromatic heterocycles. The maximum Gasteiger partial charge on any atom is 0.227 e. The Bertz CT molecular complexity index is 676. The zero-order chi connectivity index (χ0) is 19.9. The van der Waals surface area contributed by atoms with Crippen LogP contribution in [0.1, 0.15) is 32.3 Å². The molecule has 28 heavy (non-hydrogen) atoms. The van der Waals surface area contributed by atoms with Crippen LogP contribution in [0.15, 0.2) is 29.3 Å². The highest BCUT2D eigenvalue weighted by molar-refractivity contribution is 5.95. The van der Waals surface area contributed by atoms with Gasteiger partial charge in [-0.05, 0) is 38.0 Å². The molecule has 1 aromatic carbocycles. The molecular weight excluding hydrogens is 354 g/mol. The SMILES string of the molecule is CN=C(NCc1ccc(N2CCCC2=O)cc1)NCC(C)N1CCOCC1C. The molecule has 2 N–H and O–H groups in total. The van der Waals surface area contributed by atoms with Crippen molar-refractivity contribution in [2.24, 2.45) is 4.99 Å². The number of hydrogen-bond acceptors (Lipinski definition) is 4. The Hall–Kier alpha value is -2.12. The van der Waals surface area contributed by atoms with E-state index in [1.807, 2.05) is 17.0 Å². The first-order valence-corrected chi connectivity index (χ1v) is 10.3. The maximum absolute atomic E-state index is 11.9. The van der Waals surface area contributed by atoms with Crippen LogP contribution in [0.4, 0.5) is 5.69 Å². The summed E-state index contributed by atoms with van der Waals surface area (Å²) in [7, 11) is 1.79. The standard InChI is InChI=1S/C21H33N5O2/c1-16(25-11-12-28-15-17(25)2)13-23-21(22-3)24-14-18-6-8-19(9-7-18)26-10-4-5-20(26)27/h6-9,16-17H,4-5,10-15H2,1-3H3,(H2,22,23,24). The van der Waals surface area contributed by atoms with E-state index in [1.54, 1.807) is 7.05 Å². The van der Waals surface area contributed by atoms with Crippen LogP contribution < -0.4 is 15.5 Å². The van der Waals surface area contributed by atoms with E-state index in [1.165, 1.54) is 0 Å². The number of benzene rings is 1. The minimum Gasteiger partial charge on any atom is -0.379 e. The normalized spacial score (nSPS) is 22.4. The van der Waals surface area contributed by atoms with Crippen molar-refractivity contribution in [2.75, 3.05) is 44.8 Å². The molecule has 2 atom stereocenters. The van der Waals surface area contributed by atoms with E-state index in [9.17, 15) is 4.79 Å². The first-order chi connectivity index (χ1) is 13.6. The minimum absolute atomic E-state index is 0.221. The minimum atomic E-state index is 0.221. The fourth-order valence-electron chi connectivity index (χ4n) is 3.88. The second-order valence-electron chi connectivity index (χ2n) is 7.63. The molecule has 0 bridgehead atoms. The Balaban J connectivity index is 1.45. The van der Waals surface area contributed by atoms with E-state index in [0.717, 1.165) is 56.5 Å². The summed E-state index contributed by atoms with van der Waals surface area (Å²) < 4.78 is 5.52. The van der Waals surface area contributed by atoms with Gasteiger partial charge in [0.05, 0.1) is 13.2 Å². The van der Waals surface area contributed by atoms with Crippen molar-refractivity contribution >= 4 is 17.6 Å². The predicted octanol–water partition coefficient (Wildman–Crippen LogP) is 1.59. The molecule has 0 radical (unpaired) electrons. The molecule has 3 rings (SSSR count). The number of carbonyl (C=O) groups is 1. The van der Waals surface area contributed by atoms with Gasteiger partial charge in [-0.3, -0.25) is 14.7 Å². The molecule has 0 aliphatic carbocycles. The molecule has 2 unspecified atom stereocenters.